The van der Waals surface area contributed by atoms with Crippen LogP contribution >= 0.6 is 0 Å². The molecule has 0 fully saturated rings. The number of carboxylic acids is 6. The van der Waals surface area contributed by atoms with E-state index >= 15 is 0 Å². The number of fused-ring (bicyclic) bond motifs is 12. The van der Waals surface area contributed by atoms with Crippen LogP contribution in [-0.4, -0.2) is 133 Å². The van der Waals surface area contributed by atoms with Gasteiger partial charge in [-0.05, 0) is 133 Å². The third-order valence-electron chi connectivity index (χ3n) is 17.0. The number of hydrogen-bond acceptors (Lipinski definition) is 12. The standard InChI is InChI=1S/C78H96O18.Pb/c1-73(2,3)55-25-43-19-45-27-56(74(4,5)6)29-47(68(45)92-38-62(81)82)21-49-31-58(76(10,11)12)33-51(70(49)94-40-64(85)86)23-53-35-60(78(16,17)18)36-54(72(53)96-42-66(89)90)24-52-34-59(77(13,14)15)32-50(71(52)95-41-65(87)88)22-48-30-57(75(7,8)9)28-46(69(48)93-39-63(83)84)20-44(26-55)67(43)91-37-61(79)80;/h25-36H,19-24,37-42H2,1-18H3,(H,79,80)(H,81,82)(H,83,84)(H,85,86)(H,87,88)(H,89,90);. The molecule has 0 spiro atoms. The molecule has 0 aromatic heterocycles. The Bertz CT molecular complexity index is 3180. The number of aliphatic carboxylic acids is 6. The summed E-state index contributed by atoms with van der Waals surface area (Å²) in [5.41, 5.74) is 7.60. The molecule has 0 saturated carbocycles. The maximum atomic E-state index is 12.8. The summed E-state index contributed by atoms with van der Waals surface area (Å²) in [6, 6.07) is 23.3. The zero-order chi connectivity index (χ0) is 71.5. The van der Waals surface area contributed by atoms with E-state index in [0.29, 0.717) is 66.8 Å². The summed E-state index contributed by atoms with van der Waals surface area (Å²) in [5.74, 6) is -6.42. The van der Waals surface area contributed by atoms with Gasteiger partial charge < -0.3 is 59.1 Å². The van der Waals surface area contributed by atoms with Gasteiger partial charge in [0.25, 0.3) is 0 Å². The molecule has 0 aliphatic heterocycles. The van der Waals surface area contributed by atoms with Crippen LogP contribution in [0.1, 0.15) is 225 Å². The molecule has 4 radical (unpaired) electrons. The van der Waals surface area contributed by atoms with Crippen molar-refractivity contribution in [3.05, 3.63) is 173 Å². The number of carboxylic acid groups (broad SMARTS) is 6. The summed E-state index contributed by atoms with van der Waals surface area (Å²) in [6.07, 6.45) is -0.0822. The second-order valence-electron chi connectivity index (χ2n) is 31.4. The van der Waals surface area contributed by atoms with Gasteiger partial charge in [0.2, 0.25) is 0 Å². The number of ether oxygens (including phenoxy) is 6. The Labute approximate surface area is 590 Å². The van der Waals surface area contributed by atoms with E-state index in [0.717, 1.165) is 33.4 Å². The zero-order valence-electron chi connectivity index (χ0n) is 59.5. The summed E-state index contributed by atoms with van der Waals surface area (Å²) < 4.78 is 38.9. The van der Waals surface area contributed by atoms with Gasteiger partial charge in [0.05, 0.1) is 0 Å². The summed E-state index contributed by atoms with van der Waals surface area (Å²) >= 11 is 0. The Morgan fingerprint density at radius 3 is 0.402 bits per heavy atom. The van der Waals surface area contributed by atoms with Gasteiger partial charge in [-0.2, -0.15) is 0 Å². The Morgan fingerprint density at radius 1 is 0.237 bits per heavy atom. The molecular formula is C78H96O18Pb. The molecule has 6 N–H and O–H groups in total. The van der Waals surface area contributed by atoms with Crippen molar-refractivity contribution in [2.24, 2.45) is 0 Å². The van der Waals surface area contributed by atoms with Crippen LogP contribution in [0, 0.1) is 0 Å². The van der Waals surface area contributed by atoms with Crippen molar-refractivity contribution >= 4 is 63.1 Å². The third kappa shape index (κ3) is 20.5. The molecule has 1 aliphatic carbocycles. The Balaban J connectivity index is 0.0000149. The average molecular weight is 1530 g/mol. The molecule has 520 valence electrons. The van der Waals surface area contributed by atoms with Crippen molar-refractivity contribution in [3.8, 4) is 34.5 Å². The van der Waals surface area contributed by atoms with E-state index < -0.39 is 108 Å². The maximum Gasteiger partial charge on any atom is 0.341 e. The fourth-order valence-corrected chi connectivity index (χ4v) is 11.8. The number of benzene rings is 6. The van der Waals surface area contributed by atoms with Gasteiger partial charge in [-0.15, -0.1) is 0 Å². The number of carbonyl (C=O) groups is 6. The van der Waals surface area contributed by atoms with E-state index in [-0.39, 0.29) is 100 Å². The van der Waals surface area contributed by atoms with Gasteiger partial charge in [0.1, 0.15) is 34.5 Å². The minimum Gasteiger partial charge on any atom is -0.481 e. The fraction of sp³-hybridized carbons (Fsp3) is 0.462. The van der Waals surface area contributed by atoms with Gasteiger partial charge >= 0.3 is 35.8 Å². The molecular weight excluding hydrogens is 1430 g/mol. The first-order chi connectivity index (χ1) is 44.3. The summed E-state index contributed by atoms with van der Waals surface area (Å²) in [6.45, 7) is 31.9. The van der Waals surface area contributed by atoms with Crippen molar-refractivity contribution in [3.63, 3.8) is 0 Å². The molecule has 1 aliphatic rings. The minimum absolute atomic E-state index is 0. The molecule has 0 saturated heterocycles. The summed E-state index contributed by atoms with van der Waals surface area (Å²) in [5, 5.41) is 62.5. The van der Waals surface area contributed by atoms with Crippen molar-refractivity contribution in [1.82, 2.24) is 0 Å². The topological polar surface area (TPSA) is 279 Å². The van der Waals surface area contributed by atoms with E-state index in [1.165, 1.54) is 0 Å². The van der Waals surface area contributed by atoms with E-state index in [4.69, 9.17) is 28.4 Å². The van der Waals surface area contributed by atoms with Crippen LogP contribution < -0.4 is 28.4 Å². The Morgan fingerprint density at radius 2 is 0.330 bits per heavy atom. The van der Waals surface area contributed by atoms with Gasteiger partial charge in [-0.1, -0.05) is 197 Å². The van der Waals surface area contributed by atoms with Crippen LogP contribution in [-0.2, 0) is 99.8 Å². The van der Waals surface area contributed by atoms with E-state index in [1.54, 1.807) is 0 Å². The molecule has 19 heteroatoms. The van der Waals surface area contributed by atoms with Crippen molar-refractivity contribution in [2.45, 2.75) is 196 Å². The van der Waals surface area contributed by atoms with Crippen molar-refractivity contribution in [2.75, 3.05) is 39.6 Å². The summed E-state index contributed by atoms with van der Waals surface area (Å²) in [4.78, 5) is 76.7. The van der Waals surface area contributed by atoms with Gasteiger partial charge in [0, 0.05) is 65.8 Å². The minimum atomic E-state index is -1.27. The normalized spacial score (nSPS) is 13.1. The molecule has 0 unspecified atom stereocenters. The first kappa shape index (κ1) is 77.9. The molecule has 12 bridgehead atoms. The number of hydrogen-bond donors (Lipinski definition) is 6. The molecule has 6 aromatic rings. The van der Waals surface area contributed by atoms with Gasteiger partial charge in [-0.3, -0.25) is 0 Å². The fourth-order valence-electron chi connectivity index (χ4n) is 11.8. The van der Waals surface area contributed by atoms with Crippen LogP contribution in [0.25, 0.3) is 0 Å². The molecule has 0 heterocycles. The quantitative estimate of drug-likeness (QED) is 0.0436. The monoisotopic (exact) mass is 1530 g/mol. The molecule has 0 amide bonds. The Hall–Kier alpha value is -8.14. The SMILES string of the molecule is CC(C)(C)c1cc2c(OCC(=O)O)c(c1)Cc1cc(C(C)(C)C)cc(c1OCC(=O)O)Cc1cc(C(C)(C)C)cc(c1OCC(=O)O)Cc1cc(C(C)(C)C)cc(c1OCC(=O)O)Cc1cc(C(C)(C)C)cc(c1OCC(=O)O)Cc1cc(C(C)(C)C)cc(c1OCC(=O)O)C2.[Pb]. The van der Waals surface area contributed by atoms with Gasteiger partial charge in [0.15, 0.2) is 39.6 Å². The molecule has 97 heavy (non-hydrogen) atoms. The van der Waals surface area contributed by atoms with E-state index in [1.807, 2.05) is 197 Å². The molecule has 18 nitrogen and oxygen atoms in total. The second-order valence-corrected chi connectivity index (χ2v) is 31.4. The van der Waals surface area contributed by atoms with E-state index in [9.17, 15) is 59.4 Å². The predicted molar refractivity (Wildman–Crippen MR) is 372 cm³/mol. The molecule has 0 atom stereocenters. The first-order valence-corrected chi connectivity index (χ1v) is 32.3. The zero-order valence-corrected chi connectivity index (χ0v) is 63.4. The summed E-state index contributed by atoms with van der Waals surface area (Å²) in [7, 11) is 0. The van der Waals surface area contributed by atoms with Crippen LogP contribution in [0.3, 0.4) is 0 Å². The van der Waals surface area contributed by atoms with Gasteiger partial charge in [-0.25, -0.2) is 28.8 Å². The van der Waals surface area contributed by atoms with Crippen LogP contribution in [0.5, 0.6) is 34.5 Å². The largest absolute Gasteiger partial charge is 0.481 e. The first-order valence-electron chi connectivity index (χ1n) is 32.3. The molecule has 6 aromatic carbocycles. The average Bonchev–Trinajstić information content (AvgIpc) is 0.772. The van der Waals surface area contributed by atoms with E-state index in [2.05, 4.69) is 0 Å². The smallest absolute Gasteiger partial charge is 0.341 e. The van der Waals surface area contributed by atoms with Crippen LogP contribution in [0.4, 0.5) is 0 Å². The van der Waals surface area contributed by atoms with Crippen molar-refractivity contribution in [1.29, 1.82) is 0 Å². The van der Waals surface area contributed by atoms with Crippen LogP contribution in [0.15, 0.2) is 72.8 Å². The Kier molecular flexibility index (Phi) is 24.3. The predicted octanol–water partition coefficient (Wildman–Crippen LogP) is 13.7. The molecule has 7 rings (SSSR count). The second kappa shape index (κ2) is 30.3. The van der Waals surface area contributed by atoms with Crippen molar-refractivity contribution < 1.29 is 87.8 Å². The third-order valence-corrected chi connectivity index (χ3v) is 17.0. The van der Waals surface area contributed by atoms with Crippen LogP contribution in [0.2, 0.25) is 0 Å². The number of rotatable bonds is 18. The maximum absolute atomic E-state index is 12.8.